The average Bonchev–Trinajstić information content (AvgIpc) is 2.45. The van der Waals surface area contributed by atoms with E-state index in [1.165, 1.54) is 19.1 Å². The summed E-state index contributed by atoms with van der Waals surface area (Å²) in [7, 11) is 0. The van der Waals surface area contributed by atoms with E-state index in [9.17, 15) is 22.4 Å². The summed E-state index contributed by atoms with van der Waals surface area (Å²) in [6.07, 6.45) is -3.91. The predicted molar refractivity (Wildman–Crippen MR) is 78.4 cm³/mol. The Morgan fingerprint density at radius 2 is 1.96 bits per heavy atom. The van der Waals surface area contributed by atoms with Crippen LogP contribution in [-0.2, 0) is 9.53 Å². The zero-order valence-corrected chi connectivity index (χ0v) is 13.0. The van der Waals surface area contributed by atoms with E-state index in [1.54, 1.807) is 6.92 Å². The van der Waals surface area contributed by atoms with Crippen molar-refractivity contribution < 1.29 is 27.1 Å². The highest BCUT2D eigenvalue weighted by Crippen LogP contribution is 2.33. The Kier molecular flexibility index (Phi) is 6.80. The highest BCUT2D eigenvalue weighted by Gasteiger charge is 2.62. The van der Waals surface area contributed by atoms with Crippen molar-refractivity contribution in [3.05, 3.63) is 30.1 Å². The molecule has 0 saturated heterocycles. The van der Waals surface area contributed by atoms with Gasteiger partial charge in [0.1, 0.15) is 5.82 Å². The van der Waals surface area contributed by atoms with Crippen LogP contribution in [0.3, 0.4) is 0 Å². The third-order valence-corrected chi connectivity index (χ3v) is 3.08. The standard InChI is InChI=1S/C15H20F4N2O2/c1-3-5-9-20-14(15(17,18)19,13(22)23-4-2)21-12-8-6-7-11(16)10-12/h6-8,10,20-21H,3-5,9H2,1-2H3. The molecule has 0 aliphatic rings. The van der Waals surface area contributed by atoms with Crippen molar-refractivity contribution in [3.8, 4) is 0 Å². The Morgan fingerprint density at radius 3 is 2.48 bits per heavy atom. The Bertz CT molecular complexity index is 522. The van der Waals surface area contributed by atoms with E-state index < -0.39 is 23.6 Å². The quantitative estimate of drug-likeness (QED) is 0.330. The largest absolute Gasteiger partial charge is 0.463 e. The Morgan fingerprint density at radius 1 is 1.26 bits per heavy atom. The summed E-state index contributed by atoms with van der Waals surface area (Å²) in [6.45, 7) is 2.95. The predicted octanol–water partition coefficient (Wildman–Crippen LogP) is 3.45. The van der Waals surface area contributed by atoms with Gasteiger partial charge in [0.2, 0.25) is 0 Å². The van der Waals surface area contributed by atoms with Crippen LogP contribution in [0, 0.1) is 5.82 Å². The number of carbonyl (C=O) groups excluding carboxylic acids is 1. The van der Waals surface area contributed by atoms with Crippen LogP contribution >= 0.6 is 0 Å². The van der Waals surface area contributed by atoms with E-state index in [2.05, 4.69) is 15.4 Å². The van der Waals surface area contributed by atoms with E-state index in [1.807, 2.05) is 0 Å². The van der Waals surface area contributed by atoms with Gasteiger partial charge < -0.3 is 10.1 Å². The fourth-order valence-corrected chi connectivity index (χ4v) is 1.93. The summed E-state index contributed by atoms with van der Waals surface area (Å²) < 4.78 is 58.8. The number of hydrogen-bond acceptors (Lipinski definition) is 4. The lowest BCUT2D eigenvalue weighted by Crippen LogP contribution is -2.68. The molecule has 1 rings (SSSR count). The highest BCUT2D eigenvalue weighted by atomic mass is 19.4. The molecule has 1 atom stereocenters. The Balaban J connectivity index is 3.21. The molecular weight excluding hydrogens is 316 g/mol. The molecule has 0 amide bonds. The molecule has 0 radical (unpaired) electrons. The maximum Gasteiger partial charge on any atom is 0.436 e. The summed E-state index contributed by atoms with van der Waals surface area (Å²) in [5.41, 5.74) is -3.31. The summed E-state index contributed by atoms with van der Waals surface area (Å²) in [5.74, 6) is -2.23. The number of alkyl halides is 3. The molecule has 23 heavy (non-hydrogen) atoms. The molecule has 1 unspecified atom stereocenters. The zero-order chi connectivity index (χ0) is 17.5. The zero-order valence-electron chi connectivity index (χ0n) is 13.0. The van der Waals surface area contributed by atoms with Gasteiger partial charge >= 0.3 is 12.1 Å². The van der Waals surface area contributed by atoms with Crippen LogP contribution in [-0.4, -0.2) is 31.0 Å². The highest BCUT2D eigenvalue weighted by molar-refractivity contribution is 5.85. The van der Waals surface area contributed by atoms with E-state index in [0.29, 0.717) is 12.8 Å². The molecule has 1 aromatic rings. The molecule has 130 valence electrons. The lowest BCUT2D eigenvalue weighted by atomic mass is 10.1. The molecule has 0 bridgehead atoms. The minimum atomic E-state index is -4.99. The van der Waals surface area contributed by atoms with E-state index >= 15 is 0 Å². The fraction of sp³-hybridized carbons (Fsp3) is 0.533. The minimum Gasteiger partial charge on any atom is -0.463 e. The number of hydrogen-bond donors (Lipinski definition) is 2. The number of anilines is 1. The molecule has 1 aromatic carbocycles. The van der Waals surface area contributed by atoms with Gasteiger partial charge in [-0.1, -0.05) is 19.4 Å². The van der Waals surface area contributed by atoms with Crippen LogP contribution in [0.4, 0.5) is 23.2 Å². The summed E-state index contributed by atoms with van der Waals surface area (Å²) >= 11 is 0. The van der Waals surface area contributed by atoms with Crippen LogP contribution in [0.5, 0.6) is 0 Å². The van der Waals surface area contributed by atoms with Crippen molar-refractivity contribution in [2.45, 2.75) is 38.5 Å². The van der Waals surface area contributed by atoms with Gasteiger partial charge in [-0.2, -0.15) is 13.2 Å². The molecular formula is C15H20F4N2O2. The summed E-state index contributed by atoms with van der Waals surface area (Å²) in [5, 5.41) is 4.26. The van der Waals surface area contributed by atoms with E-state index in [4.69, 9.17) is 0 Å². The number of ether oxygens (including phenoxy) is 1. The lowest BCUT2D eigenvalue weighted by Gasteiger charge is -2.35. The topological polar surface area (TPSA) is 50.4 Å². The summed E-state index contributed by atoms with van der Waals surface area (Å²) in [4.78, 5) is 12.0. The molecule has 8 heteroatoms. The summed E-state index contributed by atoms with van der Waals surface area (Å²) in [6, 6.07) is 4.46. The van der Waals surface area contributed by atoms with Gasteiger partial charge in [-0.3, -0.25) is 5.32 Å². The van der Waals surface area contributed by atoms with Crippen LogP contribution in [0.15, 0.2) is 24.3 Å². The molecule has 0 aliphatic heterocycles. The van der Waals surface area contributed by atoms with E-state index in [-0.39, 0.29) is 18.8 Å². The second kappa shape index (κ2) is 8.14. The number of carbonyl (C=O) groups is 1. The molecule has 0 saturated carbocycles. The van der Waals surface area contributed by atoms with Gasteiger partial charge in [-0.15, -0.1) is 0 Å². The third kappa shape index (κ3) is 4.82. The van der Waals surface area contributed by atoms with Crippen LogP contribution in [0.25, 0.3) is 0 Å². The van der Waals surface area contributed by atoms with Crippen molar-refractivity contribution in [2.75, 3.05) is 18.5 Å². The van der Waals surface area contributed by atoms with Crippen molar-refractivity contribution in [2.24, 2.45) is 0 Å². The fourth-order valence-electron chi connectivity index (χ4n) is 1.93. The van der Waals surface area contributed by atoms with Crippen LogP contribution in [0.2, 0.25) is 0 Å². The van der Waals surface area contributed by atoms with Crippen LogP contribution < -0.4 is 10.6 Å². The van der Waals surface area contributed by atoms with Gasteiger partial charge in [-0.05, 0) is 38.1 Å². The maximum absolute atomic E-state index is 13.6. The smallest absolute Gasteiger partial charge is 0.436 e. The molecule has 2 N–H and O–H groups in total. The lowest BCUT2D eigenvalue weighted by molar-refractivity contribution is -0.206. The van der Waals surface area contributed by atoms with Crippen molar-refractivity contribution in [3.63, 3.8) is 0 Å². The first-order chi connectivity index (χ1) is 10.8. The first kappa shape index (κ1) is 19.2. The minimum absolute atomic E-state index is 0.0584. The van der Waals surface area contributed by atoms with Gasteiger partial charge in [0.25, 0.3) is 5.66 Å². The SMILES string of the molecule is CCCCNC(Nc1cccc(F)c1)(C(=O)OCC)C(F)(F)F. The second-order valence-corrected chi connectivity index (χ2v) is 4.88. The second-order valence-electron chi connectivity index (χ2n) is 4.88. The molecule has 0 heterocycles. The van der Waals surface area contributed by atoms with Crippen molar-refractivity contribution in [1.29, 1.82) is 0 Å². The number of unbranched alkanes of at least 4 members (excludes halogenated alkanes) is 1. The third-order valence-electron chi connectivity index (χ3n) is 3.08. The van der Waals surface area contributed by atoms with Gasteiger partial charge in [0.15, 0.2) is 0 Å². The number of halogens is 4. The molecule has 0 spiro atoms. The Labute approximate surface area is 132 Å². The van der Waals surface area contributed by atoms with Crippen LogP contribution in [0.1, 0.15) is 26.7 Å². The van der Waals surface area contributed by atoms with Crippen molar-refractivity contribution >= 4 is 11.7 Å². The monoisotopic (exact) mass is 336 g/mol. The van der Waals surface area contributed by atoms with Gasteiger partial charge in [0, 0.05) is 5.69 Å². The molecule has 0 aliphatic carbocycles. The number of rotatable bonds is 8. The van der Waals surface area contributed by atoms with E-state index in [0.717, 1.165) is 12.1 Å². The Hall–Kier alpha value is -1.83. The first-order valence-corrected chi connectivity index (χ1v) is 7.29. The number of benzene rings is 1. The molecule has 0 fully saturated rings. The van der Waals surface area contributed by atoms with Crippen molar-refractivity contribution in [1.82, 2.24) is 5.32 Å². The number of nitrogens with one attached hydrogen (secondary N) is 2. The van der Waals surface area contributed by atoms with Gasteiger partial charge in [-0.25, -0.2) is 9.18 Å². The van der Waals surface area contributed by atoms with Gasteiger partial charge in [0.05, 0.1) is 6.61 Å². The maximum atomic E-state index is 13.6. The normalized spacial score (nSPS) is 14.2. The first-order valence-electron chi connectivity index (χ1n) is 7.29. The molecule has 0 aromatic heterocycles. The molecule has 4 nitrogen and oxygen atoms in total. The number of esters is 1. The average molecular weight is 336 g/mol.